The van der Waals surface area contributed by atoms with Gasteiger partial charge in [0.25, 0.3) is 0 Å². The van der Waals surface area contributed by atoms with E-state index in [1.54, 1.807) is 19.9 Å². The van der Waals surface area contributed by atoms with Crippen molar-refractivity contribution in [2.24, 2.45) is 0 Å². The zero-order chi connectivity index (χ0) is 12.2. The van der Waals surface area contributed by atoms with Crippen molar-refractivity contribution in [3.63, 3.8) is 0 Å². The molecule has 1 rings (SSSR count). The number of hydrogen-bond acceptors (Lipinski definition) is 2. The van der Waals surface area contributed by atoms with Crippen molar-refractivity contribution in [3.05, 3.63) is 35.6 Å². The lowest BCUT2D eigenvalue weighted by molar-refractivity contribution is 0.0705. The molecule has 0 aliphatic rings. The molecule has 90 valence electrons. The topological polar surface area (TPSA) is 32.3 Å². The summed E-state index contributed by atoms with van der Waals surface area (Å²) in [7, 11) is 0. The van der Waals surface area contributed by atoms with Crippen LogP contribution >= 0.6 is 0 Å². The van der Waals surface area contributed by atoms with Crippen LogP contribution in [0.3, 0.4) is 0 Å². The number of rotatable bonds is 5. The zero-order valence-corrected chi connectivity index (χ0v) is 10.1. The predicted octanol–water partition coefficient (Wildman–Crippen LogP) is 2.64. The molecule has 16 heavy (non-hydrogen) atoms. The lowest BCUT2D eigenvalue weighted by atomic mass is 10.0. The Bertz CT molecular complexity index is 333. The Hall–Kier alpha value is -0.930. The van der Waals surface area contributed by atoms with E-state index in [0.29, 0.717) is 13.0 Å². The molecule has 0 spiro atoms. The van der Waals surface area contributed by atoms with Gasteiger partial charge >= 0.3 is 0 Å². The smallest absolute Gasteiger partial charge is 0.123 e. The van der Waals surface area contributed by atoms with Crippen LogP contribution in [-0.4, -0.2) is 17.3 Å². The van der Waals surface area contributed by atoms with Gasteiger partial charge < -0.3 is 10.4 Å². The predicted molar refractivity (Wildman–Crippen MR) is 63.7 cm³/mol. The van der Waals surface area contributed by atoms with Crippen LogP contribution < -0.4 is 5.32 Å². The molecule has 0 aromatic heterocycles. The van der Waals surface area contributed by atoms with Gasteiger partial charge in [0.15, 0.2) is 0 Å². The first-order chi connectivity index (χ1) is 7.38. The van der Waals surface area contributed by atoms with E-state index in [1.165, 1.54) is 12.1 Å². The molecule has 0 saturated carbocycles. The molecule has 0 heterocycles. The molecular weight excluding hydrogens is 205 g/mol. The maximum absolute atomic E-state index is 13.0. The van der Waals surface area contributed by atoms with Gasteiger partial charge in [-0.3, -0.25) is 0 Å². The van der Waals surface area contributed by atoms with Crippen molar-refractivity contribution in [3.8, 4) is 0 Å². The average molecular weight is 225 g/mol. The molecule has 1 aromatic rings. The molecule has 1 aromatic carbocycles. The molecule has 1 atom stereocenters. The summed E-state index contributed by atoms with van der Waals surface area (Å²) in [6.45, 7) is 6.25. The van der Waals surface area contributed by atoms with Crippen molar-refractivity contribution in [2.45, 2.75) is 38.8 Å². The van der Waals surface area contributed by atoms with Crippen LogP contribution in [0.4, 0.5) is 4.39 Å². The molecule has 1 unspecified atom stereocenters. The number of benzene rings is 1. The van der Waals surface area contributed by atoms with E-state index in [2.05, 4.69) is 5.32 Å². The Balaban J connectivity index is 2.44. The van der Waals surface area contributed by atoms with Crippen LogP contribution in [0.5, 0.6) is 0 Å². The fraction of sp³-hybridized carbons (Fsp3) is 0.538. The highest BCUT2D eigenvalue weighted by molar-refractivity contribution is 5.19. The number of halogens is 1. The highest BCUT2D eigenvalue weighted by Crippen LogP contribution is 2.14. The lowest BCUT2D eigenvalue weighted by Crippen LogP contribution is -2.28. The summed E-state index contributed by atoms with van der Waals surface area (Å²) in [5.74, 6) is -0.214. The number of aliphatic hydroxyl groups is 1. The monoisotopic (exact) mass is 225 g/mol. The minimum absolute atomic E-state index is 0.0954. The van der Waals surface area contributed by atoms with Gasteiger partial charge in [-0.05, 0) is 51.4 Å². The van der Waals surface area contributed by atoms with Gasteiger partial charge in [0.1, 0.15) is 5.82 Å². The van der Waals surface area contributed by atoms with Gasteiger partial charge in [-0.25, -0.2) is 4.39 Å². The third-order valence-electron chi connectivity index (χ3n) is 2.54. The largest absolute Gasteiger partial charge is 0.390 e. The van der Waals surface area contributed by atoms with Crippen molar-refractivity contribution in [1.29, 1.82) is 0 Å². The number of hydrogen-bond donors (Lipinski definition) is 2. The van der Waals surface area contributed by atoms with Crippen LogP contribution in [-0.2, 0) is 0 Å². The molecule has 0 radical (unpaired) electrons. The van der Waals surface area contributed by atoms with Gasteiger partial charge in [-0.15, -0.1) is 0 Å². The molecule has 0 bridgehead atoms. The Kier molecular flexibility index (Phi) is 4.44. The Morgan fingerprint density at radius 1 is 1.44 bits per heavy atom. The first-order valence-corrected chi connectivity index (χ1v) is 5.60. The SMILES string of the molecule is CC(NCCC(C)(C)O)c1cccc(F)c1. The molecule has 0 saturated heterocycles. The molecule has 0 aliphatic heterocycles. The van der Waals surface area contributed by atoms with Gasteiger partial charge in [0.05, 0.1) is 5.60 Å². The lowest BCUT2D eigenvalue weighted by Gasteiger charge is -2.20. The van der Waals surface area contributed by atoms with Crippen LogP contribution in [0, 0.1) is 5.82 Å². The van der Waals surface area contributed by atoms with Crippen LogP contribution in [0.15, 0.2) is 24.3 Å². The van der Waals surface area contributed by atoms with Crippen LogP contribution in [0.2, 0.25) is 0 Å². The Labute approximate surface area is 96.5 Å². The maximum atomic E-state index is 13.0. The van der Waals surface area contributed by atoms with Crippen LogP contribution in [0.1, 0.15) is 38.8 Å². The normalized spacial score (nSPS) is 13.8. The summed E-state index contributed by atoms with van der Waals surface area (Å²) in [4.78, 5) is 0. The van der Waals surface area contributed by atoms with Gasteiger partial charge in [-0.2, -0.15) is 0 Å². The molecular formula is C13H20FNO. The second kappa shape index (κ2) is 5.41. The molecule has 0 aliphatic carbocycles. The third kappa shape index (κ3) is 4.73. The van der Waals surface area contributed by atoms with Crippen molar-refractivity contribution < 1.29 is 9.50 Å². The molecule has 2 nitrogen and oxygen atoms in total. The Morgan fingerprint density at radius 3 is 2.69 bits per heavy atom. The fourth-order valence-electron chi connectivity index (χ4n) is 1.49. The van der Waals surface area contributed by atoms with Crippen molar-refractivity contribution in [2.75, 3.05) is 6.54 Å². The van der Waals surface area contributed by atoms with Gasteiger partial charge in [0.2, 0.25) is 0 Å². The molecule has 3 heteroatoms. The standard InChI is InChI=1S/C13H20FNO/c1-10(15-8-7-13(2,3)16)11-5-4-6-12(14)9-11/h4-6,9-10,15-16H,7-8H2,1-3H3. The minimum atomic E-state index is -0.658. The maximum Gasteiger partial charge on any atom is 0.123 e. The minimum Gasteiger partial charge on any atom is -0.390 e. The molecule has 0 fully saturated rings. The molecule has 2 N–H and O–H groups in total. The summed E-state index contributed by atoms with van der Waals surface area (Å²) in [6, 6.07) is 6.66. The van der Waals surface area contributed by atoms with Crippen molar-refractivity contribution >= 4 is 0 Å². The first-order valence-electron chi connectivity index (χ1n) is 5.60. The van der Waals surface area contributed by atoms with Gasteiger partial charge in [-0.1, -0.05) is 12.1 Å². The summed E-state index contributed by atoms with van der Waals surface area (Å²) < 4.78 is 13.0. The highest BCUT2D eigenvalue weighted by Gasteiger charge is 2.12. The summed E-state index contributed by atoms with van der Waals surface area (Å²) in [5.41, 5.74) is 0.269. The fourth-order valence-corrected chi connectivity index (χ4v) is 1.49. The average Bonchev–Trinajstić information content (AvgIpc) is 2.15. The van der Waals surface area contributed by atoms with Crippen molar-refractivity contribution in [1.82, 2.24) is 5.32 Å². The third-order valence-corrected chi connectivity index (χ3v) is 2.54. The number of nitrogens with one attached hydrogen (secondary N) is 1. The Morgan fingerprint density at radius 2 is 2.12 bits per heavy atom. The summed E-state index contributed by atoms with van der Waals surface area (Å²) >= 11 is 0. The summed E-state index contributed by atoms with van der Waals surface area (Å²) in [5, 5.41) is 12.8. The van der Waals surface area contributed by atoms with E-state index in [-0.39, 0.29) is 11.9 Å². The second-order valence-electron chi connectivity index (χ2n) is 4.79. The zero-order valence-electron chi connectivity index (χ0n) is 10.1. The highest BCUT2D eigenvalue weighted by atomic mass is 19.1. The van der Waals surface area contributed by atoms with E-state index in [9.17, 15) is 9.50 Å². The van der Waals surface area contributed by atoms with E-state index >= 15 is 0 Å². The van der Waals surface area contributed by atoms with E-state index in [4.69, 9.17) is 0 Å². The van der Waals surface area contributed by atoms with E-state index in [0.717, 1.165) is 5.56 Å². The second-order valence-corrected chi connectivity index (χ2v) is 4.79. The van der Waals surface area contributed by atoms with Gasteiger partial charge in [0, 0.05) is 6.04 Å². The van der Waals surface area contributed by atoms with E-state index < -0.39 is 5.60 Å². The van der Waals surface area contributed by atoms with Crippen LogP contribution in [0.25, 0.3) is 0 Å². The van der Waals surface area contributed by atoms with E-state index in [1.807, 2.05) is 13.0 Å². The summed E-state index contributed by atoms with van der Waals surface area (Å²) in [6.07, 6.45) is 0.673. The first kappa shape index (κ1) is 13.1. The quantitative estimate of drug-likeness (QED) is 0.807. The molecule has 0 amide bonds.